The second-order valence-electron chi connectivity index (χ2n) is 5.46. The van der Waals surface area contributed by atoms with E-state index in [9.17, 15) is 8.42 Å². The Morgan fingerprint density at radius 1 is 0.840 bits per heavy atom. The molecule has 0 atom stereocenters. The highest BCUT2D eigenvalue weighted by Gasteiger charge is 2.22. The van der Waals surface area contributed by atoms with Gasteiger partial charge >= 0.3 is 10.1 Å². The van der Waals surface area contributed by atoms with Gasteiger partial charge in [-0.25, -0.2) is 0 Å². The molecule has 0 aliphatic rings. The molecule has 0 saturated heterocycles. The summed E-state index contributed by atoms with van der Waals surface area (Å²) in [6, 6.07) is 18.9. The van der Waals surface area contributed by atoms with E-state index in [1.165, 1.54) is 6.07 Å². The summed E-state index contributed by atoms with van der Waals surface area (Å²) in [6.07, 6.45) is 1.60. The largest absolute Gasteiger partial charge is 0.377 e. The summed E-state index contributed by atoms with van der Waals surface area (Å²) in [6.45, 7) is 0. The molecule has 0 spiro atoms. The molecule has 0 N–H and O–H groups in total. The second-order valence-corrected chi connectivity index (χ2v) is 7.38. The Balaban J connectivity index is 1.87. The lowest BCUT2D eigenvalue weighted by Crippen LogP contribution is -2.10. The summed E-state index contributed by atoms with van der Waals surface area (Å²) in [5.74, 6) is 0.192. The van der Waals surface area contributed by atoms with Gasteiger partial charge in [-0.3, -0.25) is 4.98 Å². The van der Waals surface area contributed by atoms with Crippen molar-refractivity contribution in [1.29, 1.82) is 0 Å². The fourth-order valence-corrected chi connectivity index (χ4v) is 4.13. The first-order chi connectivity index (χ1) is 12.1. The smallest absolute Gasteiger partial charge is 0.339 e. The molecule has 1 aromatic heterocycles. The van der Waals surface area contributed by atoms with Gasteiger partial charge in [-0.15, -0.1) is 0 Å². The molecule has 0 fully saturated rings. The maximum absolute atomic E-state index is 12.9. The predicted octanol–water partition coefficient (Wildman–Crippen LogP) is 4.81. The van der Waals surface area contributed by atoms with E-state index in [1.807, 2.05) is 12.1 Å². The van der Waals surface area contributed by atoms with Crippen molar-refractivity contribution in [3.05, 3.63) is 77.9 Å². The average molecular weight is 370 g/mol. The standard InChI is InChI=1S/C19H12ClNO3S/c20-16-10-11-18(15-8-2-1-7-14(15)16)25(22,23)24-17-9-3-5-13-6-4-12-21-19(13)17/h1-12H. The van der Waals surface area contributed by atoms with Crippen molar-refractivity contribution in [2.75, 3.05) is 0 Å². The molecule has 25 heavy (non-hydrogen) atoms. The summed E-state index contributed by atoms with van der Waals surface area (Å²) in [5, 5.41) is 2.46. The predicted molar refractivity (Wildman–Crippen MR) is 98.5 cm³/mol. The zero-order valence-corrected chi connectivity index (χ0v) is 14.5. The minimum absolute atomic E-state index is 0.0698. The van der Waals surface area contributed by atoms with Crippen LogP contribution in [0.3, 0.4) is 0 Å². The molecule has 6 heteroatoms. The van der Waals surface area contributed by atoms with E-state index in [-0.39, 0.29) is 10.6 Å². The van der Waals surface area contributed by atoms with Crippen LogP contribution in [0, 0.1) is 0 Å². The number of pyridine rings is 1. The molecular formula is C19H12ClNO3S. The van der Waals surface area contributed by atoms with Gasteiger partial charge in [-0.2, -0.15) is 8.42 Å². The van der Waals surface area contributed by atoms with Crippen LogP contribution >= 0.6 is 11.6 Å². The van der Waals surface area contributed by atoms with Gasteiger partial charge in [0.2, 0.25) is 0 Å². The zero-order valence-electron chi connectivity index (χ0n) is 12.9. The van der Waals surface area contributed by atoms with Crippen LogP contribution in [0.5, 0.6) is 5.75 Å². The second kappa shape index (κ2) is 6.02. The molecule has 0 aliphatic carbocycles. The number of halogens is 1. The van der Waals surface area contributed by atoms with Gasteiger partial charge in [0.1, 0.15) is 10.4 Å². The van der Waals surface area contributed by atoms with Crippen LogP contribution in [0.4, 0.5) is 0 Å². The average Bonchev–Trinajstić information content (AvgIpc) is 2.62. The van der Waals surface area contributed by atoms with Gasteiger partial charge in [-0.05, 0) is 24.3 Å². The number of benzene rings is 3. The maximum atomic E-state index is 12.9. The monoisotopic (exact) mass is 369 g/mol. The first-order valence-electron chi connectivity index (χ1n) is 7.52. The molecule has 0 aliphatic heterocycles. The van der Waals surface area contributed by atoms with Crippen molar-refractivity contribution in [3.8, 4) is 5.75 Å². The Bertz CT molecular complexity index is 1200. The Morgan fingerprint density at radius 3 is 2.44 bits per heavy atom. The van der Waals surface area contributed by atoms with Crippen molar-refractivity contribution in [1.82, 2.24) is 4.98 Å². The molecule has 0 saturated carbocycles. The van der Waals surface area contributed by atoms with E-state index >= 15 is 0 Å². The topological polar surface area (TPSA) is 56.3 Å². The van der Waals surface area contributed by atoms with Crippen molar-refractivity contribution in [2.45, 2.75) is 4.90 Å². The van der Waals surface area contributed by atoms with Crippen molar-refractivity contribution >= 4 is 43.4 Å². The van der Waals surface area contributed by atoms with Crippen LogP contribution in [-0.2, 0) is 10.1 Å². The molecule has 4 aromatic rings. The van der Waals surface area contributed by atoms with E-state index in [0.29, 0.717) is 21.3 Å². The lowest BCUT2D eigenvalue weighted by molar-refractivity contribution is 0.489. The van der Waals surface area contributed by atoms with Gasteiger partial charge in [0.05, 0.1) is 0 Å². The molecule has 4 rings (SSSR count). The van der Waals surface area contributed by atoms with Gasteiger partial charge in [0.15, 0.2) is 5.75 Å². The molecule has 4 nitrogen and oxygen atoms in total. The number of rotatable bonds is 3. The van der Waals surface area contributed by atoms with Crippen LogP contribution in [0.2, 0.25) is 5.02 Å². The van der Waals surface area contributed by atoms with Crippen molar-refractivity contribution in [3.63, 3.8) is 0 Å². The first kappa shape index (κ1) is 15.9. The molecule has 3 aromatic carbocycles. The van der Waals surface area contributed by atoms with Crippen molar-refractivity contribution < 1.29 is 12.6 Å². The third kappa shape index (κ3) is 2.81. The molecule has 0 amide bonds. The van der Waals surface area contributed by atoms with Gasteiger partial charge in [0.25, 0.3) is 0 Å². The van der Waals surface area contributed by atoms with Crippen LogP contribution in [0.15, 0.2) is 77.8 Å². The summed E-state index contributed by atoms with van der Waals surface area (Å²) in [5.41, 5.74) is 0.492. The minimum atomic E-state index is -4.05. The Hall–Kier alpha value is -2.63. The van der Waals surface area contributed by atoms with Crippen LogP contribution in [0.25, 0.3) is 21.7 Å². The van der Waals surface area contributed by atoms with E-state index < -0.39 is 10.1 Å². The number of nitrogens with zero attached hydrogens (tertiary/aromatic N) is 1. The van der Waals surface area contributed by atoms with E-state index in [2.05, 4.69) is 4.98 Å². The van der Waals surface area contributed by atoms with Crippen LogP contribution in [-0.4, -0.2) is 13.4 Å². The van der Waals surface area contributed by atoms with E-state index in [4.69, 9.17) is 15.8 Å². The molecule has 0 bridgehead atoms. The number of fused-ring (bicyclic) bond motifs is 2. The van der Waals surface area contributed by atoms with E-state index in [1.54, 1.807) is 54.7 Å². The summed E-state index contributed by atoms with van der Waals surface area (Å²) < 4.78 is 31.2. The minimum Gasteiger partial charge on any atom is -0.377 e. The molecular weight excluding hydrogens is 358 g/mol. The van der Waals surface area contributed by atoms with Crippen molar-refractivity contribution in [2.24, 2.45) is 0 Å². The third-order valence-corrected chi connectivity index (χ3v) is 5.52. The highest BCUT2D eigenvalue weighted by Crippen LogP contribution is 2.32. The van der Waals surface area contributed by atoms with Crippen LogP contribution in [0.1, 0.15) is 0 Å². The summed E-state index contributed by atoms with van der Waals surface area (Å²) >= 11 is 6.17. The number of aromatic nitrogens is 1. The molecule has 0 radical (unpaired) electrons. The van der Waals surface area contributed by atoms with Crippen LogP contribution < -0.4 is 4.18 Å². The fourth-order valence-electron chi connectivity index (χ4n) is 2.76. The molecule has 1 heterocycles. The fraction of sp³-hybridized carbons (Fsp3) is 0. The Morgan fingerprint density at radius 2 is 1.60 bits per heavy atom. The molecule has 0 unspecified atom stereocenters. The summed E-state index contributed by atoms with van der Waals surface area (Å²) in [7, 11) is -4.05. The quantitative estimate of drug-likeness (QED) is 0.486. The number of hydrogen-bond acceptors (Lipinski definition) is 4. The maximum Gasteiger partial charge on any atom is 0.339 e. The lowest BCUT2D eigenvalue weighted by Gasteiger charge is -2.11. The zero-order chi connectivity index (χ0) is 17.4. The lowest BCUT2D eigenvalue weighted by atomic mass is 10.1. The summed E-state index contributed by atoms with van der Waals surface area (Å²) in [4.78, 5) is 4.29. The molecule has 124 valence electrons. The van der Waals surface area contributed by atoms with Gasteiger partial charge in [0, 0.05) is 27.4 Å². The third-order valence-electron chi connectivity index (χ3n) is 3.90. The normalized spacial score (nSPS) is 11.7. The SMILES string of the molecule is O=S(=O)(Oc1cccc2cccnc12)c1ccc(Cl)c2ccccc12. The van der Waals surface area contributed by atoms with Gasteiger partial charge < -0.3 is 4.18 Å². The highest BCUT2D eigenvalue weighted by molar-refractivity contribution is 7.87. The number of para-hydroxylation sites is 1. The highest BCUT2D eigenvalue weighted by atomic mass is 35.5. The Kier molecular flexibility index (Phi) is 3.82. The van der Waals surface area contributed by atoms with E-state index in [0.717, 1.165) is 5.39 Å². The van der Waals surface area contributed by atoms with Gasteiger partial charge in [-0.1, -0.05) is 54.1 Å². The number of hydrogen-bond donors (Lipinski definition) is 0. The Labute approximate surface area is 149 Å². The first-order valence-corrected chi connectivity index (χ1v) is 9.30.